The van der Waals surface area contributed by atoms with Gasteiger partial charge in [0.05, 0.1) is 0 Å². The summed E-state index contributed by atoms with van der Waals surface area (Å²) in [5.74, 6) is 0.276. The molecule has 0 aliphatic rings. The van der Waals surface area contributed by atoms with Gasteiger partial charge in [0.15, 0.2) is 0 Å². The highest BCUT2D eigenvalue weighted by Crippen LogP contribution is 2.15. The molecule has 0 aliphatic carbocycles. The normalized spacial score (nSPS) is 12.9. The highest BCUT2D eigenvalue weighted by atomic mass is 16.6. The topological polar surface area (TPSA) is 38.3 Å². The summed E-state index contributed by atoms with van der Waals surface area (Å²) in [4.78, 5) is 11.5. The van der Waals surface area contributed by atoms with Gasteiger partial charge in [-0.15, -0.1) is 0 Å². The van der Waals surface area contributed by atoms with Gasteiger partial charge >= 0.3 is 6.09 Å². The van der Waals surface area contributed by atoms with E-state index in [2.05, 4.69) is 43.4 Å². The maximum atomic E-state index is 11.5. The molecule has 0 heterocycles. The SMILES string of the molecule is Cc1ccc([C@@H](C)CNC(=O)OC(C)(C)C)cc1. The molecule has 3 nitrogen and oxygen atoms in total. The molecule has 1 rings (SSSR count). The minimum atomic E-state index is -0.447. The second kappa shape index (κ2) is 5.89. The summed E-state index contributed by atoms with van der Waals surface area (Å²) in [6.07, 6.45) is -0.360. The molecule has 0 aliphatic heterocycles. The zero-order valence-electron chi connectivity index (χ0n) is 11.9. The molecule has 0 aromatic heterocycles. The van der Waals surface area contributed by atoms with Crippen LogP contribution in [0.25, 0.3) is 0 Å². The number of hydrogen-bond acceptors (Lipinski definition) is 2. The molecule has 1 aromatic carbocycles. The standard InChI is InChI=1S/C15H23NO2/c1-11-6-8-13(9-7-11)12(2)10-16-14(17)18-15(3,4)5/h6-9,12H,10H2,1-5H3,(H,16,17)/t12-/m0/s1. The van der Waals surface area contributed by atoms with Crippen molar-refractivity contribution >= 4 is 6.09 Å². The smallest absolute Gasteiger partial charge is 0.407 e. The number of ether oxygens (including phenoxy) is 1. The first kappa shape index (κ1) is 14.6. The lowest BCUT2D eigenvalue weighted by Crippen LogP contribution is -2.34. The van der Waals surface area contributed by atoms with E-state index in [0.29, 0.717) is 6.54 Å². The summed E-state index contributed by atoms with van der Waals surface area (Å²) in [6, 6.07) is 8.35. The molecule has 3 heteroatoms. The molecule has 0 saturated heterocycles. The van der Waals surface area contributed by atoms with E-state index in [4.69, 9.17) is 4.74 Å². The number of aryl methyl sites for hydroxylation is 1. The molecule has 100 valence electrons. The number of carbonyl (C=O) groups is 1. The van der Waals surface area contributed by atoms with Gasteiger partial charge in [-0.2, -0.15) is 0 Å². The van der Waals surface area contributed by atoms with Crippen LogP contribution >= 0.6 is 0 Å². The van der Waals surface area contributed by atoms with Crippen molar-refractivity contribution in [2.45, 2.75) is 46.1 Å². The van der Waals surface area contributed by atoms with Gasteiger partial charge in [0.25, 0.3) is 0 Å². The lowest BCUT2D eigenvalue weighted by Gasteiger charge is -2.21. The van der Waals surface area contributed by atoms with E-state index in [9.17, 15) is 4.79 Å². The molecule has 0 radical (unpaired) electrons. The number of carbonyl (C=O) groups excluding carboxylic acids is 1. The number of hydrogen-bond donors (Lipinski definition) is 1. The molecule has 0 fully saturated rings. The van der Waals surface area contributed by atoms with Crippen LogP contribution in [0.2, 0.25) is 0 Å². The highest BCUT2D eigenvalue weighted by Gasteiger charge is 2.16. The second-order valence-corrected chi connectivity index (χ2v) is 5.69. The third-order valence-electron chi connectivity index (χ3n) is 2.60. The quantitative estimate of drug-likeness (QED) is 0.888. The van der Waals surface area contributed by atoms with Crippen molar-refractivity contribution < 1.29 is 9.53 Å². The minimum Gasteiger partial charge on any atom is -0.444 e. The fourth-order valence-corrected chi connectivity index (χ4v) is 1.56. The largest absolute Gasteiger partial charge is 0.444 e. The number of amides is 1. The van der Waals surface area contributed by atoms with E-state index >= 15 is 0 Å². The third kappa shape index (κ3) is 5.21. The van der Waals surface area contributed by atoms with Crippen molar-refractivity contribution in [1.29, 1.82) is 0 Å². The van der Waals surface area contributed by atoms with Gasteiger partial charge in [0, 0.05) is 6.54 Å². The first-order valence-electron chi connectivity index (χ1n) is 6.31. The van der Waals surface area contributed by atoms with Gasteiger partial charge in [-0.3, -0.25) is 0 Å². The van der Waals surface area contributed by atoms with Crippen molar-refractivity contribution in [2.24, 2.45) is 0 Å². The van der Waals surface area contributed by atoms with Crippen LogP contribution in [0.15, 0.2) is 24.3 Å². The number of nitrogens with one attached hydrogen (secondary N) is 1. The second-order valence-electron chi connectivity index (χ2n) is 5.69. The van der Waals surface area contributed by atoms with Crippen molar-refractivity contribution in [1.82, 2.24) is 5.32 Å². The van der Waals surface area contributed by atoms with E-state index < -0.39 is 5.60 Å². The van der Waals surface area contributed by atoms with Gasteiger partial charge in [0.1, 0.15) is 5.60 Å². The fraction of sp³-hybridized carbons (Fsp3) is 0.533. The Hall–Kier alpha value is -1.51. The molecule has 0 bridgehead atoms. The molecule has 18 heavy (non-hydrogen) atoms. The lowest BCUT2D eigenvalue weighted by molar-refractivity contribution is 0.0525. The molecule has 0 saturated carbocycles. The number of alkyl carbamates (subject to hydrolysis) is 1. The maximum Gasteiger partial charge on any atom is 0.407 e. The summed E-state index contributed by atoms with van der Waals surface area (Å²) in [7, 11) is 0. The van der Waals surface area contributed by atoms with Gasteiger partial charge in [-0.25, -0.2) is 4.79 Å². The van der Waals surface area contributed by atoms with Gasteiger partial charge < -0.3 is 10.1 Å². The van der Waals surface area contributed by atoms with Crippen LogP contribution in [0.3, 0.4) is 0 Å². The Morgan fingerprint density at radius 1 is 1.28 bits per heavy atom. The van der Waals surface area contributed by atoms with Crippen LogP contribution in [0.1, 0.15) is 44.7 Å². The summed E-state index contributed by atoms with van der Waals surface area (Å²) >= 11 is 0. The van der Waals surface area contributed by atoms with E-state index in [-0.39, 0.29) is 12.0 Å². The fourth-order valence-electron chi connectivity index (χ4n) is 1.56. The van der Waals surface area contributed by atoms with Crippen molar-refractivity contribution in [3.8, 4) is 0 Å². The van der Waals surface area contributed by atoms with E-state index in [0.717, 1.165) is 0 Å². The summed E-state index contributed by atoms with van der Waals surface area (Å²) in [5, 5.41) is 2.79. The van der Waals surface area contributed by atoms with E-state index in [1.165, 1.54) is 11.1 Å². The predicted octanol–water partition coefficient (Wildman–Crippen LogP) is 3.62. The molecular formula is C15H23NO2. The molecule has 1 aromatic rings. The predicted molar refractivity (Wildman–Crippen MR) is 73.8 cm³/mol. The van der Waals surface area contributed by atoms with Crippen molar-refractivity contribution in [2.75, 3.05) is 6.54 Å². The Bertz CT molecular complexity index is 390. The first-order chi connectivity index (χ1) is 8.28. The van der Waals surface area contributed by atoms with Crippen molar-refractivity contribution in [3.63, 3.8) is 0 Å². The Morgan fingerprint density at radius 2 is 1.83 bits per heavy atom. The van der Waals surface area contributed by atoms with Crippen LogP contribution in [0, 0.1) is 6.92 Å². The van der Waals surface area contributed by atoms with Gasteiger partial charge in [0.2, 0.25) is 0 Å². The molecule has 1 atom stereocenters. The summed E-state index contributed by atoms with van der Waals surface area (Å²) in [6.45, 7) is 10.3. The number of rotatable bonds is 3. The lowest BCUT2D eigenvalue weighted by atomic mass is 10.0. The average Bonchev–Trinajstić information content (AvgIpc) is 2.24. The van der Waals surface area contributed by atoms with Crippen molar-refractivity contribution in [3.05, 3.63) is 35.4 Å². The summed E-state index contributed by atoms with van der Waals surface area (Å²) < 4.78 is 5.19. The van der Waals surface area contributed by atoms with E-state index in [1.54, 1.807) is 0 Å². The van der Waals surface area contributed by atoms with Gasteiger partial charge in [-0.05, 0) is 39.2 Å². The monoisotopic (exact) mass is 249 g/mol. The van der Waals surface area contributed by atoms with Crippen LogP contribution in [-0.4, -0.2) is 18.2 Å². The molecule has 0 spiro atoms. The Balaban J connectivity index is 2.44. The Labute approximate surface area is 110 Å². The zero-order chi connectivity index (χ0) is 13.8. The average molecular weight is 249 g/mol. The highest BCUT2D eigenvalue weighted by molar-refractivity contribution is 5.67. The Morgan fingerprint density at radius 3 is 2.33 bits per heavy atom. The Kier molecular flexibility index (Phi) is 4.76. The van der Waals surface area contributed by atoms with E-state index in [1.807, 2.05) is 20.8 Å². The maximum absolute atomic E-state index is 11.5. The van der Waals surface area contributed by atoms with Crippen LogP contribution < -0.4 is 5.32 Å². The third-order valence-corrected chi connectivity index (χ3v) is 2.60. The van der Waals surface area contributed by atoms with Crippen LogP contribution in [0.4, 0.5) is 4.79 Å². The first-order valence-corrected chi connectivity index (χ1v) is 6.31. The van der Waals surface area contributed by atoms with Gasteiger partial charge in [-0.1, -0.05) is 36.8 Å². The molecular weight excluding hydrogens is 226 g/mol. The van der Waals surface area contributed by atoms with Crippen LogP contribution in [-0.2, 0) is 4.74 Å². The number of benzene rings is 1. The summed E-state index contributed by atoms with van der Waals surface area (Å²) in [5.41, 5.74) is 2.01. The zero-order valence-corrected chi connectivity index (χ0v) is 11.9. The minimum absolute atomic E-state index is 0.276. The van der Waals surface area contributed by atoms with Crippen LogP contribution in [0.5, 0.6) is 0 Å². The molecule has 1 amide bonds. The molecule has 0 unspecified atom stereocenters. The molecule has 1 N–H and O–H groups in total.